The molecule has 0 aliphatic carbocycles. The number of rotatable bonds is 3. The largest absolute Gasteiger partial charge is 0.454 e. The molecule has 102 valence electrons. The lowest BCUT2D eigenvalue weighted by Crippen LogP contribution is -2.14. The number of ether oxygens (including phenoxy) is 2. The van der Waals surface area contributed by atoms with Crippen molar-refractivity contribution in [1.29, 1.82) is 0 Å². The van der Waals surface area contributed by atoms with Crippen LogP contribution in [-0.2, 0) is 11.2 Å². The summed E-state index contributed by atoms with van der Waals surface area (Å²) in [4.78, 5) is 12.0. The van der Waals surface area contributed by atoms with Crippen LogP contribution in [0.15, 0.2) is 46.9 Å². The molecule has 1 N–H and O–H groups in total. The molecule has 0 saturated carbocycles. The van der Waals surface area contributed by atoms with Gasteiger partial charge in [-0.05, 0) is 35.9 Å². The van der Waals surface area contributed by atoms with Crippen LogP contribution in [0, 0.1) is 0 Å². The van der Waals surface area contributed by atoms with Crippen molar-refractivity contribution in [2.24, 2.45) is 0 Å². The Bertz CT molecular complexity index is 657. The molecule has 2 aromatic carbocycles. The molecule has 1 aliphatic rings. The van der Waals surface area contributed by atoms with Crippen molar-refractivity contribution in [1.82, 2.24) is 0 Å². The second kappa shape index (κ2) is 5.54. The molecule has 0 bridgehead atoms. The zero-order chi connectivity index (χ0) is 13.9. The number of halogens is 1. The minimum Gasteiger partial charge on any atom is -0.454 e. The first kappa shape index (κ1) is 13.0. The summed E-state index contributed by atoms with van der Waals surface area (Å²) in [5, 5.41) is 2.86. The summed E-state index contributed by atoms with van der Waals surface area (Å²) in [7, 11) is 0. The number of hydrogen-bond acceptors (Lipinski definition) is 3. The van der Waals surface area contributed by atoms with Gasteiger partial charge in [0.15, 0.2) is 11.5 Å². The maximum Gasteiger partial charge on any atom is 0.231 e. The van der Waals surface area contributed by atoms with Crippen molar-refractivity contribution in [2.75, 3.05) is 12.1 Å². The zero-order valence-electron chi connectivity index (χ0n) is 10.6. The number of fused-ring (bicyclic) bond motifs is 1. The molecule has 2 aromatic rings. The molecule has 0 fully saturated rings. The van der Waals surface area contributed by atoms with Crippen LogP contribution in [0.1, 0.15) is 5.56 Å². The van der Waals surface area contributed by atoms with Crippen LogP contribution in [0.25, 0.3) is 0 Å². The highest BCUT2D eigenvalue weighted by molar-refractivity contribution is 9.10. The van der Waals surface area contributed by atoms with Gasteiger partial charge in [-0.3, -0.25) is 4.79 Å². The molecule has 1 amide bonds. The van der Waals surface area contributed by atoms with Gasteiger partial charge in [-0.2, -0.15) is 0 Å². The summed E-state index contributed by atoms with van der Waals surface area (Å²) in [5.41, 5.74) is 1.66. The predicted molar refractivity (Wildman–Crippen MR) is 79.0 cm³/mol. The Kier molecular flexibility index (Phi) is 3.60. The number of carbonyl (C=O) groups excluding carboxylic acids is 1. The first-order valence-electron chi connectivity index (χ1n) is 6.15. The van der Waals surface area contributed by atoms with E-state index in [0.717, 1.165) is 21.5 Å². The topological polar surface area (TPSA) is 47.6 Å². The van der Waals surface area contributed by atoms with E-state index in [9.17, 15) is 4.79 Å². The molecule has 0 radical (unpaired) electrons. The first-order chi connectivity index (χ1) is 9.70. The minimum absolute atomic E-state index is 0.0676. The fraction of sp³-hybridized carbons (Fsp3) is 0.133. The minimum atomic E-state index is -0.0676. The van der Waals surface area contributed by atoms with E-state index in [0.29, 0.717) is 12.2 Å². The van der Waals surface area contributed by atoms with Gasteiger partial charge in [-0.15, -0.1) is 0 Å². The van der Waals surface area contributed by atoms with E-state index in [1.807, 2.05) is 42.5 Å². The van der Waals surface area contributed by atoms with Crippen LogP contribution in [0.5, 0.6) is 11.5 Å². The van der Waals surface area contributed by atoms with E-state index in [-0.39, 0.29) is 12.7 Å². The van der Waals surface area contributed by atoms with Crippen LogP contribution in [0.2, 0.25) is 0 Å². The average molecular weight is 334 g/mol. The van der Waals surface area contributed by atoms with E-state index < -0.39 is 0 Å². The normalized spacial score (nSPS) is 12.2. The third kappa shape index (κ3) is 2.93. The Morgan fingerprint density at radius 3 is 2.85 bits per heavy atom. The maximum atomic E-state index is 12.0. The van der Waals surface area contributed by atoms with Gasteiger partial charge in [0.05, 0.1) is 6.42 Å². The lowest BCUT2D eigenvalue weighted by Gasteiger charge is -2.06. The monoisotopic (exact) mass is 333 g/mol. The molecule has 0 saturated heterocycles. The summed E-state index contributed by atoms with van der Waals surface area (Å²) >= 11 is 3.37. The summed E-state index contributed by atoms with van der Waals surface area (Å²) < 4.78 is 11.5. The third-order valence-electron chi connectivity index (χ3n) is 2.91. The van der Waals surface area contributed by atoms with Gasteiger partial charge in [0.2, 0.25) is 12.7 Å². The smallest absolute Gasteiger partial charge is 0.231 e. The van der Waals surface area contributed by atoms with E-state index in [4.69, 9.17) is 9.47 Å². The maximum absolute atomic E-state index is 12.0. The summed E-state index contributed by atoms with van der Waals surface area (Å²) in [6, 6.07) is 13.0. The van der Waals surface area contributed by atoms with Gasteiger partial charge >= 0.3 is 0 Å². The van der Waals surface area contributed by atoms with E-state index in [2.05, 4.69) is 21.2 Å². The Morgan fingerprint density at radius 2 is 2.00 bits per heavy atom. The lowest BCUT2D eigenvalue weighted by molar-refractivity contribution is -0.115. The van der Waals surface area contributed by atoms with Crippen LogP contribution >= 0.6 is 15.9 Å². The first-order valence-corrected chi connectivity index (χ1v) is 6.94. The Morgan fingerprint density at radius 1 is 1.15 bits per heavy atom. The third-order valence-corrected chi connectivity index (χ3v) is 3.40. The molecule has 3 rings (SSSR count). The number of hydrogen-bond donors (Lipinski definition) is 1. The number of carbonyl (C=O) groups is 1. The second-order valence-electron chi connectivity index (χ2n) is 4.42. The summed E-state index contributed by atoms with van der Waals surface area (Å²) in [6.45, 7) is 0.239. The Labute approximate surface area is 124 Å². The fourth-order valence-corrected chi connectivity index (χ4v) is 2.41. The standard InChI is InChI=1S/C15H12BrNO3/c16-11-2-1-3-12(8-11)17-15(18)7-10-4-5-13-14(6-10)20-9-19-13/h1-6,8H,7,9H2,(H,17,18). The molecule has 1 heterocycles. The molecule has 5 heteroatoms. The van der Waals surface area contributed by atoms with Crippen molar-refractivity contribution in [3.05, 3.63) is 52.5 Å². The summed E-state index contributed by atoms with van der Waals surface area (Å²) in [5.74, 6) is 1.35. The Hall–Kier alpha value is -2.01. The molecule has 0 spiro atoms. The van der Waals surface area contributed by atoms with Crippen LogP contribution in [0.3, 0.4) is 0 Å². The average Bonchev–Trinajstić information content (AvgIpc) is 2.86. The number of nitrogens with one attached hydrogen (secondary N) is 1. The van der Waals surface area contributed by atoms with Crippen molar-refractivity contribution >= 4 is 27.5 Å². The van der Waals surface area contributed by atoms with Gasteiger partial charge in [0, 0.05) is 10.2 Å². The Balaban J connectivity index is 1.67. The number of benzene rings is 2. The highest BCUT2D eigenvalue weighted by Gasteiger charge is 2.14. The van der Waals surface area contributed by atoms with Gasteiger partial charge in [0.25, 0.3) is 0 Å². The molecule has 1 aliphatic heterocycles. The van der Waals surface area contributed by atoms with Gasteiger partial charge in [-0.1, -0.05) is 28.1 Å². The van der Waals surface area contributed by atoms with Crippen LogP contribution < -0.4 is 14.8 Å². The fourth-order valence-electron chi connectivity index (χ4n) is 2.01. The van der Waals surface area contributed by atoms with Crippen molar-refractivity contribution in [2.45, 2.75) is 6.42 Å². The molecule has 0 aromatic heterocycles. The SMILES string of the molecule is O=C(Cc1ccc2c(c1)OCO2)Nc1cccc(Br)c1. The van der Waals surface area contributed by atoms with E-state index in [1.54, 1.807) is 0 Å². The van der Waals surface area contributed by atoms with Crippen molar-refractivity contribution in [3.63, 3.8) is 0 Å². The van der Waals surface area contributed by atoms with Crippen molar-refractivity contribution in [3.8, 4) is 11.5 Å². The molecular formula is C15H12BrNO3. The second-order valence-corrected chi connectivity index (χ2v) is 5.34. The molecular weight excluding hydrogens is 322 g/mol. The quantitative estimate of drug-likeness (QED) is 0.936. The zero-order valence-corrected chi connectivity index (χ0v) is 12.1. The van der Waals surface area contributed by atoms with Gasteiger partial charge in [-0.25, -0.2) is 0 Å². The van der Waals surface area contributed by atoms with Crippen LogP contribution in [0.4, 0.5) is 5.69 Å². The van der Waals surface area contributed by atoms with Crippen LogP contribution in [-0.4, -0.2) is 12.7 Å². The summed E-state index contributed by atoms with van der Waals surface area (Å²) in [6.07, 6.45) is 0.295. The van der Waals surface area contributed by atoms with E-state index in [1.165, 1.54) is 0 Å². The predicted octanol–water partition coefficient (Wildman–Crippen LogP) is 3.36. The van der Waals surface area contributed by atoms with Gasteiger partial charge in [0.1, 0.15) is 0 Å². The number of amides is 1. The molecule has 20 heavy (non-hydrogen) atoms. The van der Waals surface area contributed by atoms with Crippen molar-refractivity contribution < 1.29 is 14.3 Å². The highest BCUT2D eigenvalue weighted by atomic mass is 79.9. The lowest BCUT2D eigenvalue weighted by atomic mass is 10.1. The molecule has 0 unspecified atom stereocenters. The molecule has 0 atom stereocenters. The number of anilines is 1. The van der Waals surface area contributed by atoms with Gasteiger partial charge < -0.3 is 14.8 Å². The van der Waals surface area contributed by atoms with E-state index >= 15 is 0 Å². The highest BCUT2D eigenvalue weighted by Crippen LogP contribution is 2.32. The molecule has 4 nitrogen and oxygen atoms in total.